The normalized spacial score (nSPS) is 18.5. The molecule has 0 radical (unpaired) electrons. The summed E-state index contributed by atoms with van der Waals surface area (Å²) >= 11 is 6.20. The smallest absolute Gasteiger partial charge is 0.305 e. The first kappa shape index (κ1) is 30.4. The maximum atomic E-state index is 15.4. The molecule has 1 aromatic heterocycles. The molecule has 5 rings (SSSR count). The Balaban J connectivity index is 1.30. The van der Waals surface area contributed by atoms with Crippen molar-refractivity contribution in [1.29, 1.82) is 0 Å². The molecular formula is C32H35ClFN5O4. The summed E-state index contributed by atoms with van der Waals surface area (Å²) in [5.74, 6) is -2.29. The van der Waals surface area contributed by atoms with Crippen LogP contribution in [0.25, 0.3) is 11.1 Å². The fraction of sp³-hybridized carbons (Fsp3) is 0.375. The number of aryl methyl sites for hydroxylation is 3. The van der Waals surface area contributed by atoms with Crippen molar-refractivity contribution in [3.05, 3.63) is 81.3 Å². The monoisotopic (exact) mass is 607 g/mol. The van der Waals surface area contributed by atoms with Crippen molar-refractivity contribution >= 4 is 35.2 Å². The van der Waals surface area contributed by atoms with E-state index in [2.05, 4.69) is 32.5 Å². The Morgan fingerprint density at radius 2 is 1.79 bits per heavy atom. The van der Waals surface area contributed by atoms with Gasteiger partial charge in [0.2, 0.25) is 5.91 Å². The number of nitrogens with zero attached hydrogens (tertiary/aromatic N) is 3. The second-order valence-corrected chi connectivity index (χ2v) is 12.0. The first-order valence-corrected chi connectivity index (χ1v) is 14.6. The average Bonchev–Trinajstić information content (AvgIpc) is 3.52. The molecule has 2 aliphatic rings. The van der Waals surface area contributed by atoms with Crippen LogP contribution in [0.4, 0.5) is 10.2 Å². The van der Waals surface area contributed by atoms with Gasteiger partial charge in [-0.1, -0.05) is 17.7 Å². The van der Waals surface area contributed by atoms with Crippen LogP contribution in [-0.4, -0.2) is 71.5 Å². The molecule has 3 atom stereocenters. The van der Waals surface area contributed by atoms with Crippen LogP contribution in [0, 0.1) is 26.6 Å². The van der Waals surface area contributed by atoms with Crippen LogP contribution in [-0.2, 0) is 9.59 Å². The van der Waals surface area contributed by atoms with E-state index >= 15 is 4.39 Å². The zero-order valence-corrected chi connectivity index (χ0v) is 25.3. The molecule has 11 heteroatoms. The number of carbonyl (C=O) groups is 3. The van der Waals surface area contributed by atoms with Crippen molar-refractivity contribution in [1.82, 2.24) is 20.5 Å². The highest BCUT2D eigenvalue weighted by molar-refractivity contribution is 6.30. The Bertz CT molecular complexity index is 1570. The van der Waals surface area contributed by atoms with E-state index < -0.39 is 42.6 Å². The lowest BCUT2D eigenvalue weighted by Gasteiger charge is -2.32. The molecule has 2 aliphatic heterocycles. The van der Waals surface area contributed by atoms with E-state index in [0.717, 1.165) is 42.0 Å². The molecule has 226 valence electrons. The zero-order valence-electron chi connectivity index (χ0n) is 24.6. The van der Waals surface area contributed by atoms with Crippen molar-refractivity contribution in [2.24, 2.45) is 0 Å². The fourth-order valence-corrected chi connectivity index (χ4v) is 6.65. The molecule has 3 aromatic rings. The minimum atomic E-state index is -1.21. The number of rotatable bonds is 9. The predicted molar refractivity (Wildman–Crippen MR) is 163 cm³/mol. The molecule has 2 amide bonds. The topological polar surface area (TPSA) is 115 Å². The van der Waals surface area contributed by atoms with Crippen molar-refractivity contribution in [2.45, 2.75) is 51.7 Å². The summed E-state index contributed by atoms with van der Waals surface area (Å²) in [5, 5.41) is 15.3. The average molecular weight is 608 g/mol. The molecule has 9 nitrogen and oxygen atoms in total. The number of halogens is 2. The number of fused-ring (bicyclic) bond motifs is 2. The number of carboxylic acid groups (broad SMARTS) is 1. The summed E-state index contributed by atoms with van der Waals surface area (Å²) in [6, 6.07) is 11.7. The zero-order chi connectivity index (χ0) is 31.0. The van der Waals surface area contributed by atoms with Gasteiger partial charge in [0.1, 0.15) is 17.3 Å². The third-order valence-electron chi connectivity index (χ3n) is 8.34. The lowest BCUT2D eigenvalue weighted by atomic mass is 9.90. The molecule has 2 aromatic carbocycles. The minimum absolute atomic E-state index is 0.0470. The highest BCUT2D eigenvalue weighted by Gasteiger charge is 2.42. The number of likely N-dealkylation sites (N-methyl/N-ethyl adjacent to an activating group) is 1. The largest absolute Gasteiger partial charge is 0.481 e. The van der Waals surface area contributed by atoms with Gasteiger partial charge in [0.15, 0.2) is 0 Å². The van der Waals surface area contributed by atoms with E-state index in [1.54, 1.807) is 43.3 Å². The molecule has 0 spiro atoms. The van der Waals surface area contributed by atoms with Gasteiger partial charge < -0.3 is 20.6 Å². The number of hydrogen-bond donors (Lipinski definition) is 3. The maximum absolute atomic E-state index is 15.4. The third kappa shape index (κ3) is 6.50. The van der Waals surface area contributed by atoms with Gasteiger partial charge in [-0.15, -0.1) is 0 Å². The Morgan fingerprint density at radius 3 is 2.42 bits per heavy atom. The van der Waals surface area contributed by atoms with Gasteiger partial charge in [0.05, 0.1) is 19.0 Å². The van der Waals surface area contributed by atoms with Crippen molar-refractivity contribution in [3.63, 3.8) is 0 Å². The molecule has 3 N–H and O–H groups in total. The number of amides is 2. The summed E-state index contributed by atoms with van der Waals surface area (Å²) in [4.78, 5) is 46.7. The summed E-state index contributed by atoms with van der Waals surface area (Å²) in [6.45, 7) is 6.74. The van der Waals surface area contributed by atoms with Gasteiger partial charge in [-0.3, -0.25) is 19.3 Å². The van der Waals surface area contributed by atoms with Gasteiger partial charge in [-0.2, -0.15) is 0 Å². The van der Waals surface area contributed by atoms with Crippen molar-refractivity contribution in [2.75, 3.05) is 31.6 Å². The molecular weight excluding hydrogens is 573 g/mol. The Labute approximate surface area is 255 Å². The van der Waals surface area contributed by atoms with E-state index in [0.29, 0.717) is 28.2 Å². The SMILES string of the molecule is Cc1cc(-c2c(C)cc(Cl)cc2C)cc(C(CC(=O)O)NC(=O)CNC(=O)c2cccc(N3CC4CC3CN4C)n2)c1F. The van der Waals surface area contributed by atoms with Crippen LogP contribution >= 0.6 is 11.6 Å². The highest BCUT2D eigenvalue weighted by Crippen LogP contribution is 2.35. The van der Waals surface area contributed by atoms with Crippen LogP contribution in [0.2, 0.25) is 5.02 Å². The molecule has 0 saturated carbocycles. The fourth-order valence-electron chi connectivity index (χ4n) is 6.33. The first-order chi connectivity index (χ1) is 20.4. The summed E-state index contributed by atoms with van der Waals surface area (Å²) in [6.07, 6.45) is 0.517. The number of carbonyl (C=O) groups excluding carboxylic acids is 2. The minimum Gasteiger partial charge on any atom is -0.481 e. The Hall–Kier alpha value is -4.02. The number of aliphatic carboxylic acids is 1. The molecule has 2 bridgehead atoms. The van der Waals surface area contributed by atoms with E-state index in [9.17, 15) is 19.5 Å². The number of anilines is 1. The standard InChI is InChI=1S/C32H35ClFN5O4/c1-17-9-21(33)10-18(2)30(17)20-8-19(3)31(34)24(11-20)26(13-29(41)42)37-28(40)14-35-32(43)25-6-5-7-27(36-25)39-16-22-12-23(39)15-38(22)4/h5-11,22-23,26H,12-16H2,1-4H3,(H,35,43)(H,37,40)(H,41,42). The van der Waals surface area contributed by atoms with Crippen LogP contribution in [0.3, 0.4) is 0 Å². The second kappa shape index (κ2) is 12.3. The van der Waals surface area contributed by atoms with Crippen LogP contribution < -0.4 is 15.5 Å². The van der Waals surface area contributed by atoms with E-state index in [1.165, 1.54) is 0 Å². The third-order valence-corrected chi connectivity index (χ3v) is 8.56. The lowest BCUT2D eigenvalue weighted by Crippen LogP contribution is -2.45. The summed E-state index contributed by atoms with van der Waals surface area (Å²) < 4.78 is 15.4. The van der Waals surface area contributed by atoms with E-state index in [1.807, 2.05) is 19.9 Å². The number of piperazine rings is 1. The van der Waals surface area contributed by atoms with Gasteiger partial charge in [0.25, 0.3) is 5.91 Å². The van der Waals surface area contributed by atoms with Crippen LogP contribution in [0.5, 0.6) is 0 Å². The Morgan fingerprint density at radius 1 is 1.07 bits per heavy atom. The first-order valence-electron chi connectivity index (χ1n) is 14.2. The predicted octanol–water partition coefficient (Wildman–Crippen LogP) is 4.42. The number of carboxylic acids is 1. The Kier molecular flexibility index (Phi) is 8.71. The summed E-state index contributed by atoms with van der Waals surface area (Å²) in [7, 11) is 2.11. The van der Waals surface area contributed by atoms with Gasteiger partial charge >= 0.3 is 5.97 Å². The van der Waals surface area contributed by atoms with Crippen LogP contribution in [0.1, 0.15) is 51.6 Å². The van der Waals surface area contributed by atoms with Gasteiger partial charge in [-0.25, -0.2) is 9.37 Å². The van der Waals surface area contributed by atoms with Crippen molar-refractivity contribution in [3.8, 4) is 11.1 Å². The molecule has 3 unspecified atom stereocenters. The quantitative estimate of drug-likeness (QED) is 0.330. The van der Waals surface area contributed by atoms with Gasteiger partial charge in [0, 0.05) is 35.8 Å². The van der Waals surface area contributed by atoms with E-state index in [4.69, 9.17) is 11.6 Å². The van der Waals surface area contributed by atoms with Crippen LogP contribution in [0.15, 0.2) is 42.5 Å². The number of pyridine rings is 1. The number of aromatic nitrogens is 1. The molecule has 3 heterocycles. The molecule has 2 saturated heterocycles. The van der Waals surface area contributed by atoms with Gasteiger partial charge in [-0.05, 0) is 98.5 Å². The summed E-state index contributed by atoms with van der Waals surface area (Å²) in [5.41, 5.74) is 3.82. The number of benzene rings is 2. The molecule has 2 fully saturated rings. The molecule has 43 heavy (non-hydrogen) atoms. The number of nitrogens with one attached hydrogen (secondary N) is 2. The highest BCUT2D eigenvalue weighted by atomic mass is 35.5. The van der Waals surface area contributed by atoms with Crippen molar-refractivity contribution < 1.29 is 23.9 Å². The second-order valence-electron chi connectivity index (χ2n) is 11.5. The number of hydrogen-bond acceptors (Lipinski definition) is 6. The number of likely N-dealkylation sites (tertiary alicyclic amines) is 1. The maximum Gasteiger partial charge on any atom is 0.305 e. The molecule has 0 aliphatic carbocycles. The lowest BCUT2D eigenvalue weighted by molar-refractivity contribution is -0.137. The van der Waals surface area contributed by atoms with E-state index in [-0.39, 0.29) is 11.3 Å².